The van der Waals surface area contributed by atoms with E-state index in [0.29, 0.717) is 25.5 Å². The van der Waals surface area contributed by atoms with E-state index in [1.807, 2.05) is 6.92 Å². The lowest BCUT2D eigenvalue weighted by Crippen LogP contribution is -2.47. The third kappa shape index (κ3) is 5.45. The van der Waals surface area contributed by atoms with E-state index in [4.69, 9.17) is 0 Å². The summed E-state index contributed by atoms with van der Waals surface area (Å²) >= 11 is 0. The molecule has 0 radical (unpaired) electrons. The van der Waals surface area contributed by atoms with Gasteiger partial charge in [0.2, 0.25) is 17.7 Å². The van der Waals surface area contributed by atoms with Crippen molar-refractivity contribution in [3.63, 3.8) is 0 Å². The number of likely N-dealkylation sites (tertiary alicyclic amines) is 1. The molecule has 0 aromatic heterocycles. The van der Waals surface area contributed by atoms with Crippen molar-refractivity contribution in [3.8, 4) is 0 Å². The van der Waals surface area contributed by atoms with Gasteiger partial charge in [-0.15, -0.1) is 0 Å². The van der Waals surface area contributed by atoms with Crippen molar-refractivity contribution >= 4 is 23.4 Å². The lowest BCUT2D eigenvalue weighted by Gasteiger charge is -2.29. The van der Waals surface area contributed by atoms with Crippen LogP contribution < -0.4 is 5.32 Å². The number of halogens is 3. The van der Waals surface area contributed by atoms with Gasteiger partial charge in [0, 0.05) is 19.5 Å². The van der Waals surface area contributed by atoms with Crippen molar-refractivity contribution in [3.05, 3.63) is 29.6 Å². The molecule has 0 saturated carbocycles. The molecule has 27 heavy (non-hydrogen) atoms. The van der Waals surface area contributed by atoms with Crippen LogP contribution in [0, 0.1) is 17.5 Å². The third-order valence-corrected chi connectivity index (χ3v) is 4.24. The van der Waals surface area contributed by atoms with Gasteiger partial charge in [-0.1, -0.05) is 6.92 Å². The van der Waals surface area contributed by atoms with Gasteiger partial charge in [0.25, 0.3) is 0 Å². The summed E-state index contributed by atoms with van der Waals surface area (Å²) < 4.78 is 39.9. The fourth-order valence-corrected chi connectivity index (χ4v) is 2.84. The van der Waals surface area contributed by atoms with E-state index >= 15 is 0 Å². The monoisotopic (exact) mass is 385 g/mol. The molecule has 1 N–H and O–H groups in total. The Kier molecular flexibility index (Phi) is 7.20. The first kappa shape index (κ1) is 20.7. The zero-order chi connectivity index (χ0) is 20.0. The number of rotatable bonds is 7. The van der Waals surface area contributed by atoms with Gasteiger partial charge in [-0.3, -0.25) is 14.4 Å². The highest BCUT2D eigenvalue weighted by molar-refractivity contribution is 5.95. The van der Waals surface area contributed by atoms with Crippen LogP contribution in [0.1, 0.15) is 32.6 Å². The number of anilines is 1. The Morgan fingerprint density at radius 2 is 1.93 bits per heavy atom. The summed E-state index contributed by atoms with van der Waals surface area (Å²) in [6.07, 6.45) is 2.59. The molecule has 1 heterocycles. The lowest BCUT2D eigenvalue weighted by atomic mass is 10.1. The summed E-state index contributed by atoms with van der Waals surface area (Å²) in [5.74, 6) is -5.79. The van der Waals surface area contributed by atoms with Crippen LogP contribution in [0.2, 0.25) is 0 Å². The van der Waals surface area contributed by atoms with Gasteiger partial charge in [0.15, 0.2) is 17.5 Å². The van der Waals surface area contributed by atoms with Gasteiger partial charge in [-0.2, -0.15) is 0 Å². The van der Waals surface area contributed by atoms with E-state index in [1.165, 1.54) is 9.80 Å². The van der Waals surface area contributed by atoms with Gasteiger partial charge in [0.1, 0.15) is 0 Å². The van der Waals surface area contributed by atoms with Gasteiger partial charge >= 0.3 is 0 Å². The number of nitrogens with one attached hydrogen (secondary N) is 1. The molecule has 9 heteroatoms. The van der Waals surface area contributed by atoms with E-state index in [2.05, 4.69) is 5.32 Å². The van der Waals surface area contributed by atoms with Crippen LogP contribution in [-0.4, -0.2) is 53.7 Å². The van der Waals surface area contributed by atoms with Crippen LogP contribution in [-0.2, 0) is 14.4 Å². The molecule has 1 fully saturated rings. The molecule has 1 aromatic rings. The summed E-state index contributed by atoms with van der Waals surface area (Å²) in [5, 5.41) is 2.14. The zero-order valence-electron chi connectivity index (χ0n) is 15.1. The highest BCUT2D eigenvalue weighted by Gasteiger charge is 2.24. The van der Waals surface area contributed by atoms with Gasteiger partial charge in [0.05, 0.1) is 18.8 Å². The van der Waals surface area contributed by atoms with Crippen LogP contribution in [0.3, 0.4) is 0 Å². The van der Waals surface area contributed by atoms with Crippen molar-refractivity contribution in [2.24, 2.45) is 0 Å². The third-order valence-electron chi connectivity index (χ3n) is 4.24. The standard InChI is InChI=1S/C18H22F3N3O3/c1-2-8-23(16(27)11-24-9-4-3-5-15(24)26)10-14(25)22-13-7-6-12(19)17(20)18(13)21/h6-7H,2-5,8-11H2,1H3,(H,22,25). The van der Waals surface area contributed by atoms with Crippen LogP contribution in [0.5, 0.6) is 0 Å². The number of piperidine rings is 1. The first-order valence-electron chi connectivity index (χ1n) is 8.82. The number of nitrogens with zero attached hydrogens (tertiary/aromatic N) is 2. The minimum absolute atomic E-state index is 0.0978. The van der Waals surface area contributed by atoms with E-state index in [9.17, 15) is 27.6 Å². The average molecular weight is 385 g/mol. The maximum Gasteiger partial charge on any atom is 0.244 e. The van der Waals surface area contributed by atoms with Crippen molar-refractivity contribution in [1.82, 2.24) is 9.80 Å². The second-order valence-electron chi connectivity index (χ2n) is 6.36. The molecule has 0 atom stereocenters. The Morgan fingerprint density at radius 1 is 1.19 bits per heavy atom. The van der Waals surface area contributed by atoms with E-state index < -0.39 is 35.0 Å². The maximum atomic E-state index is 13.7. The molecular weight excluding hydrogens is 363 g/mol. The minimum atomic E-state index is -1.68. The Labute approximate surface area is 155 Å². The minimum Gasteiger partial charge on any atom is -0.333 e. The normalized spacial score (nSPS) is 14.2. The number of hydrogen-bond acceptors (Lipinski definition) is 3. The molecule has 1 aliphatic rings. The van der Waals surface area contributed by atoms with Crippen molar-refractivity contribution in [2.75, 3.05) is 31.5 Å². The van der Waals surface area contributed by atoms with Crippen LogP contribution >= 0.6 is 0 Å². The molecule has 0 unspecified atom stereocenters. The van der Waals surface area contributed by atoms with Gasteiger partial charge in [-0.05, 0) is 31.4 Å². The molecule has 1 aromatic carbocycles. The largest absolute Gasteiger partial charge is 0.333 e. The number of carbonyl (C=O) groups is 3. The molecule has 148 valence electrons. The highest BCUT2D eigenvalue weighted by Crippen LogP contribution is 2.19. The fourth-order valence-electron chi connectivity index (χ4n) is 2.84. The number of carbonyl (C=O) groups excluding carboxylic acids is 3. The first-order valence-corrected chi connectivity index (χ1v) is 8.82. The molecule has 6 nitrogen and oxygen atoms in total. The van der Waals surface area contributed by atoms with Gasteiger partial charge in [-0.25, -0.2) is 13.2 Å². The SMILES string of the molecule is CCCN(CC(=O)Nc1ccc(F)c(F)c1F)C(=O)CN1CCCCC1=O. The van der Waals surface area contributed by atoms with Gasteiger partial charge < -0.3 is 15.1 Å². The summed E-state index contributed by atoms with van der Waals surface area (Å²) in [4.78, 5) is 39.2. The van der Waals surface area contributed by atoms with Crippen molar-refractivity contribution in [1.29, 1.82) is 0 Å². The van der Waals surface area contributed by atoms with E-state index in [0.717, 1.165) is 18.9 Å². The number of hydrogen-bond donors (Lipinski definition) is 1. The van der Waals surface area contributed by atoms with Crippen LogP contribution in [0.25, 0.3) is 0 Å². The Balaban J connectivity index is 2.00. The summed E-state index contributed by atoms with van der Waals surface area (Å²) in [6, 6.07) is 1.61. The Hall–Kier alpha value is -2.58. The second kappa shape index (κ2) is 9.38. The van der Waals surface area contributed by atoms with Crippen molar-refractivity contribution in [2.45, 2.75) is 32.6 Å². The quantitative estimate of drug-likeness (QED) is 0.733. The molecule has 0 aliphatic carbocycles. The molecule has 3 amide bonds. The summed E-state index contributed by atoms with van der Waals surface area (Å²) in [6.45, 7) is 2.09. The topological polar surface area (TPSA) is 69.7 Å². The average Bonchev–Trinajstić information content (AvgIpc) is 2.63. The molecule has 2 rings (SSSR count). The Bertz CT molecular complexity index is 727. The predicted molar refractivity (Wildman–Crippen MR) is 92.2 cm³/mol. The predicted octanol–water partition coefficient (Wildman–Crippen LogP) is 2.29. The van der Waals surface area contributed by atoms with E-state index in [-0.39, 0.29) is 25.5 Å². The zero-order valence-corrected chi connectivity index (χ0v) is 15.1. The number of amides is 3. The fraction of sp³-hybridized carbons (Fsp3) is 0.500. The van der Waals surface area contributed by atoms with E-state index in [1.54, 1.807) is 0 Å². The van der Waals surface area contributed by atoms with Crippen LogP contribution in [0.15, 0.2) is 12.1 Å². The molecule has 1 aliphatic heterocycles. The van der Waals surface area contributed by atoms with Crippen molar-refractivity contribution < 1.29 is 27.6 Å². The lowest BCUT2D eigenvalue weighted by molar-refractivity contribution is -0.142. The summed E-state index contributed by atoms with van der Waals surface area (Å²) in [5.41, 5.74) is -0.506. The molecule has 0 bridgehead atoms. The first-order chi connectivity index (χ1) is 12.8. The molecular formula is C18H22F3N3O3. The van der Waals surface area contributed by atoms with Crippen LogP contribution in [0.4, 0.5) is 18.9 Å². The Morgan fingerprint density at radius 3 is 2.59 bits per heavy atom. The molecule has 0 spiro atoms. The smallest absolute Gasteiger partial charge is 0.244 e. The number of benzene rings is 1. The maximum absolute atomic E-state index is 13.7. The second-order valence-corrected chi connectivity index (χ2v) is 6.36. The highest BCUT2D eigenvalue weighted by atomic mass is 19.2. The molecule has 1 saturated heterocycles. The summed E-state index contributed by atoms with van der Waals surface area (Å²) in [7, 11) is 0.